The van der Waals surface area contributed by atoms with Gasteiger partial charge in [-0.25, -0.2) is 0 Å². The van der Waals surface area contributed by atoms with E-state index in [2.05, 4.69) is 40.8 Å². The second kappa shape index (κ2) is 4.77. The van der Waals surface area contributed by atoms with Crippen LogP contribution in [0.3, 0.4) is 0 Å². The Hall–Kier alpha value is 0.411. The predicted octanol–water partition coefficient (Wildman–Crippen LogP) is 3.53. The number of hydrogen-bond donors (Lipinski definition) is 0. The third kappa shape index (κ3) is 2.26. The molecule has 0 N–H and O–H groups in total. The minimum atomic E-state index is -0.531. The van der Waals surface area contributed by atoms with E-state index in [-0.39, 0.29) is 21.7 Å². The van der Waals surface area contributed by atoms with Crippen molar-refractivity contribution < 1.29 is 21.7 Å². The van der Waals surface area contributed by atoms with Crippen LogP contribution in [0.5, 0.6) is 0 Å². The topological polar surface area (TPSA) is 0 Å². The molecule has 0 saturated heterocycles. The minimum absolute atomic E-state index is 0. The molecule has 13 heavy (non-hydrogen) atoms. The summed E-state index contributed by atoms with van der Waals surface area (Å²) in [6.45, 7) is 14.1. The van der Waals surface area contributed by atoms with Crippen molar-refractivity contribution in [3.63, 3.8) is 0 Å². The van der Waals surface area contributed by atoms with Crippen molar-refractivity contribution in [3.05, 3.63) is 22.3 Å². The summed E-state index contributed by atoms with van der Waals surface area (Å²) in [5.74, 6) is 0. The Balaban J connectivity index is 0.00000144. The third-order valence-electron chi connectivity index (χ3n) is 3.35. The van der Waals surface area contributed by atoms with Crippen molar-refractivity contribution in [1.82, 2.24) is 0 Å². The Morgan fingerprint density at radius 2 is 1.15 bits per heavy atom. The summed E-state index contributed by atoms with van der Waals surface area (Å²) in [6.07, 6.45) is 0. The van der Waals surface area contributed by atoms with Gasteiger partial charge in [-0.2, -0.15) is 0 Å². The van der Waals surface area contributed by atoms with E-state index in [4.69, 9.17) is 0 Å². The van der Waals surface area contributed by atoms with E-state index in [1.54, 1.807) is 22.3 Å². The van der Waals surface area contributed by atoms with Gasteiger partial charge >= 0.3 is 0 Å². The van der Waals surface area contributed by atoms with Gasteiger partial charge in [-0.15, -0.1) is 0 Å². The normalized spacial score (nSPS) is 18.7. The molecule has 0 aromatic rings. The monoisotopic (exact) mass is 228 g/mol. The van der Waals surface area contributed by atoms with Gasteiger partial charge in [0, 0.05) is 30.5 Å². The van der Waals surface area contributed by atoms with Crippen molar-refractivity contribution in [2.45, 2.75) is 46.3 Å². The molecule has 0 saturated carbocycles. The maximum Gasteiger partial charge on any atom is 0.0435 e. The fourth-order valence-corrected chi connectivity index (χ4v) is 4.88. The molecule has 2 heteroatoms. The van der Waals surface area contributed by atoms with E-state index >= 15 is 0 Å². The third-order valence-corrected chi connectivity index (χ3v) is 5.68. The molecule has 0 atom stereocenters. The SMILES string of the molecule is CC1=C(C)C([SiH](C)C)C(C)=C1C.[Ti]. The Morgan fingerprint density at radius 3 is 1.31 bits per heavy atom. The average molecular weight is 228 g/mol. The van der Waals surface area contributed by atoms with E-state index in [1.165, 1.54) is 0 Å². The zero-order chi connectivity index (χ0) is 9.46. The molecule has 0 aromatic heterocycles. The molecular formula is C11H20SiTi. The van der Waals surface area contributed by atoms with E-state index in [1.807, 2.05) is 0 Å². The van der Waals surface area contributed by atoms with Crippen molar-refractivity contribution >= 4 is 8.80 Å². The summed E-state index contributed by atoms with van der Waals surface area (Å²) < 4.78 is 0. The van der Waals surface area contributed by atoms with Gasteiger partial charge < -0.3 is 0 Å². The van der Waals surface area contributed by atoms with Gasteiger partial charge in [0.1, 0.15) is 0 Å². The van der Waals surface area contributed by atoms with Crippen LogP contribution in [-0.4, -0.2) is 8.80 Å². The number of rotatable bonds is 1. The van der Waals surface area contributed by atoms with Crippen molar-refractivity contribution in [2.75, 3.05) is 0 Å². The minimum Gasteiger partial charge on any atom is -0.0714 e. The Bertz CT molecular complexity index is 237. The van der Waals surface area contributed by atoms with Crippen LogP contribution in [0.15, 0.2) is 22.3 Å². The van der Waals surface area contributed by atoms with Gasteiger partial charge in [-0.1, -0.05) is 24.2 Å². The Kier molecular flexibility index (Phi) is 4.92. The fourth-order valence-electron chi connectivity index (χ4n) is 2.38. The van der Waals surface area contributed by atoms with Crippen molar-refractivity contribution in [2.24, 2.45) is 0 Å². The molecule has 0 fully saturated rings. The quantitative estimate of drug-likeness (QED) is 0.602. The molecule has 0 nitrogen and oxygen atoms in total. The summed E-state index contributed by atoms with van der Waals surface area (Å²) in [6, 6.07) is 0. The van der Waals surface area contributed by atoms with Crippen LogP contribution in [-0.2, 0) is 21.7 Å². The molecule has 1 rings (SSSR count). The fraction of sp³-hybridized carbons (Fsp3) is 0.636. The molecule has 0 bridgehead atoms. The van der Waals surface area contributed by atoms with Crippen LogP contribution in [0.2, 0.25) is 18.6 Å². The summed E-state index contributed by atoms with van der Waals surface area (Å²) in [7, 11) is -0.531. The first-order chi connectivity index (χ1) is 5.46. The summed E-state index contributed by atoms with van der Waals surface area (Å²) in [5, 5.41) is 0. The van der Waals surface area contributed by atoms with E-state index in [9.17, 15) is 0 Å². The van der Waals surface area contributed by atoms with Crippen LogP contribution in [0, 0.1) is 0 Å². The van der Waals surface area contributed by atoms with Crippen molar-refractivity contribution in [1.29, 1.82) is 0 Å². The molecule has 0 amide bonds. The summed E-state index contributed by atoms with van der Waals surface area (Å²) in [5.41, 5.74) is 7.25. The molecule has 0 radical (unpaired) electrons. The van der Waals surface area contributed by atoms with Gasteiger partial charge in [0.05, 0.1) is 0 Å². The van der Waals surface area contributed by atoms with E-state index in [0.717, 1.165) is 5.54 Å². The first-order valence-electron chi connectivity index (χ1n) is 4.82. The molecule has 1 aliphatic rings. The van der Waals surface area contributed by atoms with Crippen LogP contribution in [0.4, 0.5) is 0 Å². The van der Waals surface area contributed by atoms with Crippen LogP contribution < -0.4 is 0 Å². The Labute approximate surface area is 99.0 Å². The van der Waals surface area contributed by atoms with E-state index < -0.39 is 8.80 Å². The zero-order valence-electron chi connectivity index (χ0n) is 9.65. The second-order valence-electron chi connectivity index (χ2n) is 4.34. The molecular weight excluding hydrogens is 208 g/mol. The van der Waals surface area contributed by atoms with E-state index in [0.29, 0.717) is 0 Å². The molecule has 0 spiro atoms. The van der Waals surface area contributed by atoms with Gasteiger partial charge in [0.25, 0.3) is 0 Å². The molecule has 0 aliphatic heterocycles. The first-order valence-corrected chi connectivity index (χ1v) is 7.79. The van der Waals surface area contributed by atoms with Gasteiger partial charge in [-0.05, 0) is 44.4 Å². The predicted molar refractivity (Wildman–Crippen MR) is 59.4 cm³/mol. The molecule has 1 aliphatic carbocycles. The molecule has 0 unspecified atom stereocenters. The van der Waals surface area contributed by atoms with Gasteiger partial charge in [0.2, 0.25) is 0 Å². The Morgan fingerprint density at radius 1 is 0.846 bits per heavy atom. The van der Waals surface area contributed by atoms with Crippen LogP contribution >= 0.6 is 0 Å². The maximum atomic E-state index is 2.45. The van der Waals surface area contributed by atoms with Gasteiger partial charge in [-0.3, -0.25) is 0 Å². The molecule has 0 heterocycles. The van der Waals surface area contributed by atoms with Crippen LogP contribution in [0.1, 0.15) is 27.7 Å². The number of hydrogen-bond acceptors (Lipinski definition) is 0. The zero-order valence-corrected chi connectivity index (χ0v) is 12.4. The largest absolute Gasteiger partial charge is 0.0714 e. The van der Waals surface area contributed by atoms with Crippen molar-refractivity contribution in [3.8, 4) is 0 Å². The number of allylic oxidation sites excluding steroid dienone is 4. The second-order valence-corrected chi connectivity index (χ2v) is 7.49. The summed E-state index contributed by atoms with van der Waals surface area (Å²) in [4.78, 5) is 0. The van der Waals surface area contributed by atoms with Gasteiger partial charge in [0.15, 0.2) is 0 Å². The maximum absolute atomic E-state index is 2.45. The van der Waals surface area contributed by atoms with Crippen LogP contribution in [0.25, 0.3) is 0 Å². The first kappa shape index (κ1) is 13.4. The average Bonchev–Trinajstić information content (AvgIpc) is 2.16. The molecule has 72 valence electrons. The standard InChI is InChI=1S/C11H20Si.Ti/c1-7-8(2)10(4)11(9(7)3)12(5)6;/h11-12H,1-6H3;. The summed E-state index contributed by atoms with van der Waals surface area (Å²) >= 11 is 0. The molecule has 0 aromatic carbocycles. The smallest absolute Gasteiger partial charge is 0.0435 e.